The molecule has 0 spiro atoms. The van der Waals surface area contributed by atoms with Gasteiger partial charge in [-0.15, -0.1) is 0 Å². The van der Waals surface area contributed by atoms with E-state index in [-0.39, 0.29) is 22.3 Å². The van der Waals surface area contributed by atoms with E-state index < -0.39 is 15.7 Å². The first kappa shape index (κ1) is 24.5. The van der Waals surface area contributed by atoms with E-state index in [0.29, 0.717) is 17.9 Å². The topological polar surface area (TPSA) is 63.9 Å². The van der Waals surface area contributed by atoms with Crippen molar-refractivity contribution in [3.63, 3.8) is 0 Å². The second-order valence-electron chi connectivity index (χ2n) is 6.24. The second-order valence-corrected chi connectivity index (χ2v) is 9.71. The van der Waals surface area contributed by atoms with Gasteiger partial charge in [-0.25, -0.2) is 17.6 Å². The molecule has 1 aromatic carbocycles. The Bertz CT molecular complexity index is 810. The molecule has 6 nitrogen and oxygen atoms in total. The predicted molar refractivity (Wildman–Crippen MR) is 107 cm³/mol. The van der Waals surface area contributed by atoms with Gasteiger partial charge in [0, 0.05) is 19.7 Å². The van der Waals surface area contributed by atoms with Crippen molar-refractivity contribution in [2.24, 2.45) is 0 Å². The molecule has 154 valence electrons. The van der Waals surface area contributed by atoms with Crippen LogP contribution in [0.5, 0.6) is 0 Å². The molecule has 1 aromatic rings. The van der Waals surface area contributed by atoms with E-state index in [1.807, 2.05) is 11.8 Å². The maximum atomic E-state index is 12.6. The molecule has 27 heavy (non-hydrogen) atoms. The molecule has 1 heterocycles. The average molecular weight is 456 g/mol. The van der Waals surface area contributed by atoms with Crippen molar-refractivity contribution in [1.29, 1.82) is 0 Å². The molecule has 10 heteroatoms. The lowest BCUT2D eigenvalue weighted by Gasteiger charge is -2.29. The Balaban J connectivity index is 0.00000364. The lowest BCUT2D eigenvalue weighted by molar-refractivity contribution is -0.523. The highest BCUT2D eigenvalue weighted by Gasteiger charge is 2.51. The van der Waals surface area contributed by atoms with Crippen molar-refractivity contribution >= 4 is 38.6 Å². The molecule has 1 unspecified atom stereocenters. The van der Waals surface area contributed by atoms with Gasteiger partial charge in [0.1, 0.15) is 4.90 Å². The minimum Gasteiger partial charge on any atom is -1.00 e. The predicted octanol–water partition coefficient (Wildman–Crippen LogP) is -0.784. The fourth-order valence-corrected chi connectivity index (χ4v) is 5.94. The van der Waals surface area contributed by atoms with Gasteiger partial charge in [-0.1, -0.05) is 17.7 Å². The first-order chi connectivity index (χ1) is 12.1. The number of nitrogens with zero attached hydrogens (tertiary/aromatic N) is 3. The molecule has 0 saturated carbocycles. The lowest BCUT2D eigenvalue weighted by atomic mass is 10.0. The molecule has 0 amide bonds. The van der Waals surface area contributed by atoms with E-state index >= 15 is 0 Å². The molecule has 2 rings (SSSR count). The Morgan fingerprint density at radius 1 is 1.30 bits per heavy atom. The third-order valence-corrected chi connectivity index (χ3v) is 8.16. The van der Waals surface area contributed by atoms with Crippen LogP contribution < -0.4 is 12.4 Å². The molecule has 0 aliphatic carbocycles. The standard InChI is InChI=1S/C17H27ClN3O3S2.ClH/c1-6-20(7-2)16-21(8-3)17(22,12-25-16)13-9-10-14(18)15(11-13)26(23,24)19(4)5;/h9-11,22H,6-8,12H2,1-5H3;1H/q+1;/p-1. The summed E-state index contributed by atoms with van der Waals surface area (Å²) < 4.78 is 28.5. The van der Waals surface area contributed by atoms with Crippen molar-refractivity contribution in [3.8, 4) is 0 Å². The van der Waals surface area contributed by atoms with Gasteiger partial charge in [0.05, 0.1) is 30.4 Å². The van der Waals surface area contributed by atoms with Gasteiger partial charge in [-0.3, -0.25) is 4.58 Å². The largest absolute Gasteiger partial charge is 1.00 e. The summed E-state index contributed by atoms with van der Waals surface area (Å²) in [5.74, 6) is 0.426. The molecule has 1 N–H and O–H groups in total. The van der Waals surface area contributed by atoms with Crippen LogP contribution in [-0.2, 0) is 15.7 Å². The minimum absolute atomic E-state index is 0. The summed E-state index contributed by atoms with van der Waals surface area (Å²) in [6, 6.07) is 4.73. The maximum Gasteiger partial charge on any atom is 0.311 e. The summed E-state index contributed by atoms with van der Waals surface area (Å²) in [6.07, 6.45) is 0. The number of hydrogen-bond acceptors (Lipinski definition) is 4. The zero-order valence-electron chi connectivity index (χ0n) is 16.2. The minimum atomic E-state index is -3.70. The number of rotatable bonds is 6. The third kappa shape index (κ3) is 4.41. The van der Waals surface area contributed by atoms with Gasteiger partial charge in [-0.2, -0.15) is 0 Å². The molecule has 0 bridgehead atoms. The van der Waals surface area contributed by atoms with Crippen molar-refractivity contribution < 1.29 is 30.5 Å². The van der Waals surface area contributed by atoms with Gasteiger partial charge in [0.25, 0.3) is 0 Å². The first-order valence-electron chi connectivity index (χ1n) is 8.60. The number of aliphatic hydroxyl groups is 1. The summed E-state index contributed by atoms with van der Waals surface area (Å²) >= 11 is 7.74. The van der Waals surface area contributed by atoms with Gasteiger partial charge in [-0.05, 0) is 44.7 Å². The van der Waals surface area contributed by atoms with E-state index in [9.17, 15) is 13.5 Å². The number of hydrogen-bond donors (Lipinski definition) is 1. The average Bonchev–Trinajstić information content (AvgIpc) is 2.93. The molecule has 1 saturated heterocycles. The Hall–Kier alpha value is -0.510. The van der Waals surface area contributed by atoms with E-state index in [1.165, 1.54) is 20.2 Å². The number of halogens is 2. The van der Waals surface area contributed by atoms with Crippen molar-refractivity contribution in [1.82, 2.24) is 9.21 Å². The maximum absolute atomic E-state index is 12.6. The van der Waals surface area contributed by atoms with E-state index in [0.717, 1.165) is 22.6 Å². The summed E-state index contributed by atoms with van der Waals surface area (Å²) in [5.41, 5.74) is -0.753. The number of amidine groups is 1. The molecular weight excluding hydrogens is 429 g/mol. The van der Waals surface area contributed by atoms with Crippen LogP contribution in [0, 0.1) is 0 Å². The van der Waals surface area contributed by atoms with Crippen LogP contribution in [0.1, 0.15) is 26.3 Å². The van der Waals surface area contributed by atoms with Crippen molar-refractivity contribution in [2.75, 3.05) is 39.5 Å². The van der Waals surface area contributed by atoms with Gasteiger partial charge >= 0.3 is 5.17 Å². The smallest absolute Gasteiger partial charge is 0.311 e. The Kier molecular flexibility index (Phi) is 8.47. The zero-order valence-corrected chi connectivity index (χ0v) is 19.4. The molecule has 1 fully saturated rings. The van der Waals surface area contributed by atoms with Crippen LogP contribution in [0.15, 0.2) is 23.1 Å². The SMILES string of the molecule is CCN1C(=[N+](CC)CC)SCC1(O)c1ccc(Cl)c(S(=O)(=O)N(C)C)c1.[Cl-]. The van der Waals surface area contributed by atoms with Gasteiger partial charge in [0.2, 0.25) is 15.7 Å². The molecule has 1 aliphatic heterocycles. The third-order valence-electron chi connectivity index (χ3n) is 4.58. The Labute approximate surface area is 177 Å². The van der Waals surface area contributed by atoms with E-state index in [1.54, 1.807) is 23.9 Å². The van der Waals surface area contributed by atoms with E-state index in [4.69, 9.17) is 11.6 Å². The summed E-state index contributed by atoms with van der Waals surface area (Å²) in [4.78, 5) is 1.94. The highest BCUT2D eigenvalue weighted by atomic mass is 35.5. The number of sulfonamides is 1. The fourth-order valence-electron chi connectivity index (χ4n) is 3.02. The quantitative estimate of drug-likeness (QED) is 0.569. The molecule has 0 aromatic heterocycles. The van der Waals surface area contributed by atoms with Crippen molar-refractivity contribution in [3.05, 3.63) is 28.8 Å². The van der Waals surface area contributed by atoms with Crippen LogP contribution in [0.3, 0.4) is 0 Å². The summed E-state index contributed by atoms with van der Waals surface area (Å²) in [6.45, 7) is 8.42. The molecule has 1 atom stereocenters. The summed E-state index contributed by atoms with van der Waals surface area (Å²) in [7, 11) is -0.779. The normalized spacial score (nSPS) is 20.1. The second kappa shape index (κ2) is 9.33. The fraction of sp³-hybridized carbons (Fsp3) is 0.588. The summed E-state index contributed by atoms with van der Waals surface area (Å²) in [5, 5.41) is 12.6. The molecular formula is C17H27Cl2N3O3S2. The molecule has 0 radical (unpaired) electrons. The van der Waals surface area contributed by atoms with Crippen LogP contribution in [0.2, 0.25) is 5.02 Å². The van der Waals surface area contributed by atoms with Crippen LogP contribution in [0.4, 0.5) is 0 Å². The highest BCUT2D eigenvalue weighted by molar-refractivity contribution is 8.13. The van der Waals surface area contributed by atoms with Gasteiger partial charge in [0.15, 0.2) is 0 Å². The van der Waals surface area contributed by atoms with Crippen LogP contribution in [-0.4, -0.2) is 72.0 Å². The van der Waals surface area contributed by atoms with Crippen molar-refractivity contribution in [2.45, 2.75) is 31.4 Å². The van der Waals surface area contributed by atoms with Crippen LogP contribution in [0.25, 0.3) is 0 Å². The first-order valence-corrected chi connectivity index (χ1v) is 11.4. The highest BCUT2D eigenvalue weighted by Crippen LogP contribution is 2.40. The molecule has 1 aliphatic rings. The number of thioether (sulfide) groups is 1. The monoisotopic (exact) mass is 455 g/mol. The Morgan fingerprint density at radius 3 is 2.37 bits per heavy atom. The lowest BCUT2D eigenvalue weighted by Crippen LogP contribution is -3.00. The van der Waals surface area contributed by atoms with E-state index in [2.05, 4.69) is 18.4 Å². The van der Waals surface area contributed by atoms with Gasteiger partial charge < -0.3 is 17.5 Å². The zero-order chi connectivity index (χ0) is 19.7. The Morgan fingerprint density at radius 2 is 1.89 bits per heavy atom. The van der Waals surface area contributed by atoms with Crippen LogP contribution >= 0.6 is 23.4 Å². The number of benzene rings is 1.